The van der Waals surface area contributed by atoms with Gasteiger partial charge in [-0.1, -0.05) is 30.3 Å². The molecule has 0 spiro atoms. The fraction of sp³-hybridized carbons (Fsp3) is 0.400. The van der Waals surface area contributed by atoms with Crippen molar-refractivity contribution in [3.05, 3.63) is 59.9 Å². The number of benzene rings is 2. The molecule has 0 bridgehead atoms. The summed E-state index contributed by atoms with van der Waals surface area (Å²) in [6.45, 7) is 3.80. The van der Waals surface area contributed by atoms with Crippen LogP contribution in [0.3, 0.4) is 0 Å². The van der Waals surface area contributed by atoms with Crippen molar-refractivity contribution in [1.82, 2.24) is 10.2 Å². The Morgan fingerprint density at radius 2 is 1.91 bits per heavy atom. The van der Waals surface area contributed by atoms with Gasteiger partial charge in [-0.2, -0.15) is 0 Å². The van der Waals surface area contributed by atoms with Crippen molar-refractivity contribution in [2.24, 2.45) is 5.92 Å². The van der Waals surface area contributed by atoms with Crippen LogP contribution >= 0.6 is 0 Å². The Labute approximate surface area is 202 Å². The molecule has 3 aliphatic heterocycles. The minimum absolute atomic E-state index is 0.0135. The molecule has 0 aromatic heterocycles. The average Bonchev–Trinajstić information content (AvgIpc) is 3.37. The number of carbonyl (C=O) groups excluding carboxylic acids is 3. The van der Waals surface area contributed by atoms with Crippen LogP contribution in [0.2, 0.25) is 0 Å². The zero-order valence-electron chi connectivity index (χ0n) is 19.4. The third-order valence-corrected chi connectivity index (χ3v) is 6.71. The number of nitrogens with one attached hydrogen (secondary N) is 1. The maximum atomic E-state index is 15.1. The van der Waals surface area contributed by atoms with Gasteiger partial charge in [-0.15, -0.1) is 0 Å². The topological polar surface area (TPSA) is 91.4 Å². The van der Waals surface area contributed by atoms with Crippen LogP contribution in [0, 0.1) is 11.7 Å². The number of ether oxygens (including phenoxy) is 2. The Hall–Kier alpha value is -3.82. The fourth-order valence-corrected chi connectivity index (χ4v) is 4.86. The number of hydrogen-bond acceptors (Lipinski definition) is 6. The number of halogens is 1. The molecule has 184 valence electrons. The number of rotatable bonds is 6. The van der Waals surface area contributed by atoms with Gasteiger partial charge in [0, 0.05) is 32.5 Å². The van der Waals surface area contributed by atoms with Crippen molar-refractivity contribution in [1.29, 1.82) is 0 Å². The van der Waals surface area contributed by atoms with Crippen LogP contribution in [-0.2, 0) is 20.9 Å². The SMILES string of the molecule is CC(=O)NC[C@H]1CN(c2ccc(N3C[C@@H]4CN(C(=O)OCc5ccccc5)[C@@H]4C3)c(F)c2)C(=O)O1. The number of amides is 3. The van der Waals surface area contributed by atoms with Gasteiger partial charge < -0.3 is 24.6 Å². The number of hydrogen-bond donors (Lipinski definition) is 1. The zero-order valence-corrected chi connectivity index (χ0v) is 19.4. The first-order valence-corrected chi connectivity index (χ1v) is 11.6. The van der Waals surface area contributed by atoms with E-state index < -0.39 is 18.0 Å². The molecule has 9 nitrogen and oxygen atoms in total. The van der Waals surface area contributed by atoms with E-state index in [4.69, 9.17) is 9.47 Å². The lowest BCUT2D eigenvalue weighted by Crippen LogP contribution is -2.58. The van der Waals surface area contributed by atoms with Crippen LogP contribution in [0.4, 0.5) is 25.4 Å². The zero-order chi connectivity index (χ0) is 24.5. The highest BCUT2D eigenvalue weighted by atomic mass is 19.1. The van der Waals surface area contributed by atoms with Crippen LogP contribution in [0.5, 0.6) is 0 Å². The Morgan fingerprint density at radius 1 is 1.11 bits per heavy atom. The molecule has 3 atom stereocenters. The second-order valence-corrected chi connectivity index (χ2v) is 9.11. The van der Waals surface area contributed by atoms with E-state index in [1.807, 2.05) is 35.2 Å². The molecule has 3 fully saturated rings. The number of carbonyl (C=O) groups is 3. The van der Waals surface area contributed by atoms with Crippen molar-refractivity contribution in [3.63, 3.8) is 0 Å². The molecule has 2 aromatic carbocycles. The van der Waals surface area contributed by atoms with E-state index in [0.29, 0.717) is 31.0 Å². The van der Waals surface area contributed by atoms with Gasteiger partial charge in [-0.05, 0) is 23.8 Å². The third-order valence-electron chi connectivity index (χ3n) is 6.71. The van der Waals surface area contributed by atoms with Crippen LogP contribution in [0.1, 0.15) is 12.5 Å². The summed E-state index contributed by atoms with van der Waals surface area (Å²) in [6.07, 6.45) is -1.42. The molecule has 0 radical (unpaired) electrons. The Bertz CT molecular complexity index is 1130. The Balaban J connectivity index is 1.18. The van der Waals surface area contributed by atoms with E-state index in [9.17, 15) is 14.4 Å². The molecule has 3 saturated heterocycles. The fourth-order valence-electron chi connectivity index (χ4n) is 4.86. The molecule has 3 aliphatic rings. The number of fused-ring (bicyclic) bond motifs is 1. The van der Waals surface area contributed by atoms with E-state index in [-0.39, 0.29) is 43.7 Å². The lowest BCUT2D eigenvalue weighted by Gasteiger charge is -2.42. The summed E-state index contributed by atoms with van der Waals surface area (Å²) in [4.78, 5) is 40.8. The number of likely N-dealkylation sites (tertiary alicyclic amines) is 1. The lowest BCUT2D eigenvalue weighted by atomic mass is 9.93. The maximum absolute atomic E-state index is 15.1. The summed E-state index contributed by atoms with van der Waals surface area (Å²) in [5.41, 5.74) is 1.76. The summed E-state index contributed by atoms with van der Waals surface area (Å²) in [5, 5.41) is 2.62. The van der Waals surface area contributed by atoms with Crippen molar-refractivity contribution >= 4 is 29.5 Å². The second kappa shape index (κ2) is 9.44. The minimum atomic E-state index is -0.573. The van der Waals surface area contributed by atoms with E-state index in [1.54, 1.807) is 17.0 Å². The summed E-state index contributed by atoms with van der Waals surface area (Å²) in [6, 6.07) is 14.2. The third kappa shape index (κ3) is 4.73. The summed E-state index contributed by atoms with van der Waals surface area (Å²) in [5.74, 6) is -0.390. The number of nitrogens with zero attached hydrogens (tertiary/aromatic N) is 3. The normalized spacial score (nSPS) is 23.0. The Morgan fingerprint density at radius 3 is 2.66 bits per heavy atom. The molecule has 10 heteroatoms. The maximum Gasteiger partial charge on any atom is 0.414 e. The minimum Gasteiger partial charge on any atom is -0.445 e. The van der Waals surface area contributed by atoms with Crippen LogP contribution < -0.4 is 15.1 Å². The highest BCUT2D eigenvalue weighted by Gasteiger charge is 2.49. The van der Waals surface area contributed by atoms with Crippen molar-refractivity contribution < 1.29 is 28.2 Å². The predicted molar refractivity (Wildman–Crippen MR) is 126 cm³/mol. The van der Waals surface area contributed by atoms with Gasteiger partial charge in [0.25, 0.3) is 0 Å². The monoisotopic (exact) mass is 482 g/mol. The van der Waals surface area contributed by atoms with Crippen molar-refractivity contribution in [3.8, 4) is 0 Å². The molecule has 0 saturated carbocycles. The second-order valence-electron chi connectivity index (χ2n) is 9.11. The van der Waals surface area contributed by atoms with Crippen molar-refractivity contribution in [2.45, 2.75) is 25.7 Å². The van der Waals surface area contributed by atoms with Crippen LogP contribution in [-0.4, -0.2) is 67.9 Å². The molecular weight excluding hydrogens is 455 g/mol. The van der Waals surface area contributed by atoms with Gasteiger partial charge in [0.15, 0.2) is 0 Å². The summed E-state index contributed by atoms with van der Waals surface area (Å²) < 4.78 is 25.8. The predicted octanol–water partition coefficient (Wildman–Crippen LogP) is 2.74. The van der Waals surface area contributed by atoms with Gasteiger partial charge in [0.1, 0.15) is 18.5 Å². The Kier molecular flexibility index (Phi) is 6.19. The van der Waals surface area contributed by atoms with E-state index in [0.717, 1.165) is 5.56 Å². The average molecular weight is 483 g/mol. The van der Waals surface area contributed by atoms with Gasteiger partial charge >= 0.3 is 12.2 Å². The lowest BCUT2D eigenvalue weighted by molar-refractivity contribution is -0.119. The molecule has 35 heavy (non-hydrogen) atoms. The molecule has 3 amide bonds. The standard InChI is InChI=1S/C25H27FN4O5/c1-16(31)27-10-20-13-29(25(33)35-20)19-7-8-22(21(26)9-19)28-11-18-12-30(23(18)14-28)24(32)34-15-17-5-3-2-4-6-17/h2-9,18,20,23H,10-15H2,1H3,(H,27,31)/t18-,20+,23-/m1/s1. The smallest absolute Gasteiger partial charge is 0.414 e. The molecular formula is C25H27FN4O5. The molecule has 0 aliphatic carbocycles. The van der Waals surface area contributed by atoms with Gasteiger partial charge in [-0.3, -0.25) is 9.69 Å². The molecule has 3 heterocycles. The summed E-state index contributed by atoms with van der Waals surface area (Å²) in [7, 11) is 0. The number of cyclic esters (lactones) is 1. The van der Waals surface area contributed by atoms with E-state index in [1.165, 1.54) is 17.9 Å². The number of anilines is 2. The van der Waals surface area contributed by atoms with Crippen LogP contribution in [0.15, 0.2) is 48.5 Å². The molecule has 1 N–H and O–H groups in total. The van der Waals surface area contributed by atoms with Gasteiger partial charge in [0.2, 0.25) is 5.91 Å². The largest absolute Gasteiger partial charge is 0.445 e. The molecule has 0 unspecified atom stereocenters. The highest BCUT2D eigenvalue weighted by Crippen LogP contribution is 2.37. The van der Waals surface area contributed by atoms with Gasteiger partial charge in [-0.25, -0.2) is 14.0 Å². The first kappa shape index (κ1) is 22.9. The summed E-state index contributed by atoms with van der Waals surface area (Å²) >= 11 is 0. The van der Waals surface area contributed by atoms with Crippen LogP contribution in [0.25, 0.3) is 0 Å². The quantitative estimate of drug-likeness (QED) is 0.681. The van der Waals surface area contributed by atoms with E-state index in [2.05, 4.69) is 5.32 Å². The highest BCUT2D eigenvalue weighted by molar-refractivity contribution is 5.90. The molecule has 2 aromatic rings. The first-order chi connectivity index (χ1) is 16.9. The van der Waals surface area contributed by atoms with E-state index >= 15 is 4.39 Å². The first-order valence-electron chi connectivity index (χ1n) is 11.6. The van der Waals surface area contributed by atoms with Gasteiger partial charge in [0.05, 0.1) is 30.5 Å². The molecule has 5 rings (SSSR count). The van der Waals surface area contributed by atoms with Crippen molar-refractivity contribution in [2.75, 3.05) is 42.5 Å².